The quantitative estimate of drug-likeness (QED) is 0.241. The Bertz CT molecular complexity index is 131. The smallest absolute Gasteiger partial charge is 0.233 e. The number of nitrogens with two attached hydrogens (primary N) is 1. The zero-order valence-electron chi connectivity index (χ0n) is 8.04. The number of hydrogen-bond donors (Lipinski definition) is 2. The molecule has 13 heavy (non-hydrogen) atoms. The molecule has 0 aliphatic rings. The molecule has 0 bridgehead atoms. The summed E-state index contributed by atoms with van der Waals surface area (Å²) in [6, 6.07) is 0. The molecule has 0 rings (SSSR count). The third-order valence-electron chi connectivity index (χ3n) is 1.43. The standard InChI is InChI=1S/C8H18N2O3/c1-2-12-6-7-13-5-3-4-8(11)10-9/h2-7,9H2,1H3,(H,10,11). The summed E-state index contributed by atoms with van der Waals surface area (Å²) in [6.07, 6.45) is 1.10. The first-order chi connectivity index (χ1) is 6.31. The number of nitrogens with one attached hydrogen (secondary N) is 1. The lowest BCUT2D eigenvalue weighted by Gasteiger charge is -2.03. The summed E-state index contributed by atoms with van der Waals surface area (Å²) in [6.45, 7) is 4.41. The second kappa shape index (κ2) is 9.44. The summed E-state index contributed by atoms with van der Waals surface area (Å²) in [5, 5.41) is 0. The number of hydrogen-bond acceptors (Lipinski definition) is 4. The maximum absolute atomic E-state index is 10.6. The molecule has 0 heterocycles. The maximum Gasteiger partial charge on any atom is 0.233 e. The van der Waals surface area contributed by atoms with E-state index in [1.165, 1.54) is 0 Å². The van der Waals surface area contributed by atoms with Gasteiger partial charge in [-0.05, 0) is 13.3 Å². The fraction of sp³-hybridized carbons (Fsp3) is 0.875. The molecule has 5 nitrogen and oxygen atoms in total. The van der Waals surface area contributed by atoms with Crippen molar-refractivity contribution in [2.45, 2.75) is 19.8 Å². The highest BCUT2D eigenvalue weighted by atomic mass is 16.5. The molecule has 0 aliphatic heterocycles. The molecule has 0 aliphatic carbocycles. The van der Waals surface area contributed by atoms with Gasteiger partial charge in [-0.1, -0.05) is 0 Å². The van der Waals surface area contributed by atoms with E-state index in [0.717, 1.165) is 0 Å². The Kier molecular flexibility index (Phi) is 8.97. The lowest BCUT2D eigenvalue weighted by atomic mass is 10.3. The fourth-order valence-corrected chi connectivity index (χ4v) is 0.771. The molecule has 3 N–H and O–H groups in total. The van der Waals surface area contributed by atoms with Crippen molar-refractivity contribution >= 4 is 5.91 Å². The van der Waals surface area contributed by atoms with E-state index in [0.29, 0.717) is 39.3 Å². The Morgan fingerprint density at radius 2 is 2.00 bits per heavy atom. The average molecular weight is 190 g/mol. The Hall–Kier alpha value is -0.650. The van der Waals surface area contributed by atoms with Gasteiger partial charge in [0.05, 0.1) is 13.2 Å². The fourth-order valence-electron chi connectivity index (χ4n) is 0.771. The van der Waals surface area contributed by atoms with E-state index in [1.807, 2.05) is 6.92 Å². The van der Waals surface area contributed by atoms with Gasteiger partial charge in [-0.3, -0.25) is 10.2 Å². The predicted molar refractivity (Wildman–Crippen MR) is 48.9 cm³/mol. The number of ether oxygens (including phenoxy) is 2. The van der Waals surface area contributed by atoms with E-state index < -0.39 is 0 Å². The normalized spacial score (nSPS) is 10.0. The summed E-state index contributed by atoms with van der Waals surface area (Å²) in [5.41, 5.74) is 2.06. The third kappa shape index (κ3) is 9.26. The van der Waals surface area contributed by atoms with Crippen LogP contribution >= 0.6 is 0 Å². The molecule has 0 spiro atoms. The number of rotatable bonds is 8. The van der Waals surface area contributed by atoms with Crippen LogP contribution in [-0.2, 0) is 14.3 Å². The van der Waals surface area contributed by atoms with Crippen molar-refractivity contribution in [3.05, 3.63) is 0 Å². The minimum absolute atomic E-state index is 0.159. The first-order valence-electron chi connectivity index (χ1n) is 4.46. The van der Waals surface area contributed by atoms with Crippen LogP contribution in [0.4, 0.5) is 0 Å². The zero-order valence-corrected chi connectivity index (χ0v) is 8.04. The van der Waals surface area contributed by atoms with E-state index in [-0.39, 0.29) is 5.91 Å². The molecular weight excluding hydrogens is 172 g/mol. The molecule has 0 atom stereocenters. The number of amides is 1. The third-order valence-corrected chi connectivity index (χ3v) is 1.43. The van der Waals surface area contributed by atoms with E-state index in [1.54, 1.807) is 0 Å². The van der Waals surface area contributed by atoms with Crippen molar-refractivity contribution in [3.63, 3.8) is 0 Å². The lowest BCUT2D eigenvalue weighted by Crippen LogP contribution is -2.29. The van der Waals surface area contributed by atoms with Crippen LogP contribution in [0, 0.1) is 0 Å². The van der Waals surface area contributed by atoms with Gasteiger partial charge in [0.25, 0.3) is 0 Å². The lowest BCUT2D eigenvalue weighted by molar-refractivity contribution is -0.121. The van der Waals surface area contributed by atoms with Gasteiger partial charge >= 0.3 is 0 Å². The second-order valence-electron chi connectivity index (χ2n) is 2.48. The van der Waals surface area contributed by atoms with Crippen LogP contribution in [0.15, 0.2) is 0 Å². The molecule has 0 fully saturated rings. The highest BCUT2D eigenvalue weighted by molar-refractivity contribution is 5.75. The summed E-state index contributed by atoms with van der Waals surface area (Å²) in [5.74, 6) is 4.73. The molecule has 0 saturated carbocycles. The molecule has 5 heteroatoms. The zero-order chi connectivity index (χ0) is 9.94. The molecule has 1 amide bonds. The van der Waals surface area contributed by atoms with E-state index in [9.17, 15) is 4.79 Å². The highest BCUT2D eigenvalue weighted by Crippen LogP contribution is 1.89. The summed E-state index contributed by atoms with van der Waals surface area (Å²) in [4.78, 5) is 10.6. The van der Waals surface area contributed by atoms with Crippen LogP contribution in [-0.4, -0.2) is 32.3 Å². The number of carbonyl (C=O) groups excluding carboxylic acids is 1. The minimum atomic E-state index is -0.159. The maximum atomic E-state index is 10.6. The predicted octanol–water partition coefficient (Wildman–Crippen LogP) is -0.190. The Labute approximate surface area is 78.5 Å². The van der Waals surface area contributed by atoms with Crippen molar-refractivity contribution in [1.82, 2.24) is 5.43 Å². The molecular formula is C8H18N2O3. The van der Waals surface area contributed by atoms with E-state index >= 15 is 0 Å². The van der Waals surface area contributed by atoms with Gasteiger partial charge in [-0.2, -0.15) is 0 Å². The summed E-state index contributed by atoms with van der Waals surface area (Å²) >= 11 is 0. The van der Waals surface area contributed by atoms with Gasteiger partial charge in [-0.15, -0.1) is 0 Å². The van der Waals surface area contributed by atoms with Crippen molar-refractivity contribution in [1.29, 1.82) is 0 Å². The monoisotopic (exact) mass is 190 g/mol. The van der Waals surface area contributed by atoms with Crippen LogP contribution in [0.25, 0.3) is 0 Å². The highest BCUT2D eigenvalue weighted by Gasteiger charge is 1.96. The Balaban J connectivity index is 2.95. The first kappa shape index (κ1) is 12.3. The molecule has 78 valence electrons. The van der Waals surface area contributed by atoms with Gasteiger partial charge in [0.2, 0.25) is 5.91 Å². The summed E-state index contributed by atoms with van der Waals surface area (Å²) < 4.78 is 10.2. The SMILES string of the molecule is CCOCCOCCCC(=O)NN. The Morgan fingerprint density at radius 1 is 1.31 bits per heavy atom. The van der Waals surface area contributed by atoms with E-state index in [4.69, 9.17) is 15.3 Å². The molecule has 0 aromatic carbocycles. The largest absolute Gasteiger partial charge is 0.379 e. The number of hydrazine groups is 1. The number of carbonyl (C=O) groups is 1. The van der Waals surface area contributed by atoms with Gasteiger partial charge < -0.3 is 9.47 Å². The minimum Gasteiger partial charge on any atom is -0.379 e. The Morgan fingerprint density at radius 3 is 2.62 bits per heavy atom. The van der Waals surface area contributed by atoms with Crippen LogP contribution in [0.2, 0.25) is 0 Å². The summed E-state index contributed by atoms with van der Waals surface area (Å²) in [7, 11) is 0. The molecule has 0 aromatic heterocycles. The van der Waals surface area contributed by atoms with E-state index in [2.05, 4.69) is 5.43 Å². The van der Waals surface area contributed by atoms with Crippen molar-refractivity contribution in [3.8, 4) is 0 Å². The molecule has 0 radical (unpaired) electrons. The topological polar surface area (TPSA) is 73.6 Å². The van der Waals surface area contributed by atoms with Gasteiger partial charge in [0.15, 0.2) is 0 Å². The van der Waals surface area contributed by atoms with Gasteiger partial charge in [-0.25, -0.2) is 5.84 Å². The van der Waals surface area contributed by atoms with Crippen LogP contribution in [0.1, 0.15) is 19.8 Å². The van der Waals surface area contributed by atoms with Gasteiger partial charge in [0.1, 0.15) is 0 Å². The second-order valence-corrected chi connectivity index (χ2v) is 2.48. The molecule has 0 unspecified atom stereocenters. The van der Waals surface area contributed by atoms with Crippen molar-refractivity contribution in [2.24, 2.45) is 5.84 Å². The van der Waals surface area contributed by atoms with Crippen LogP contribution in [0.3, 0.4) is 0 Å². The van der Waals surface area contributed by atoms with Crippen molar-refractivity contribution in [2.75, 3.05) is 26.4 Å². The van der Waals surface area contributed by atoms with Gasteiger partial charge in [0, 0.05) is 19.6 Å². The average Bonchev–Trinajstić information content (AvgIpc) is 2.16. The molecule has 0 aromatic rings. The van der Waals surface area contributed by atoms with Crippen molar-refractivity contribution < 1.29 is 14.3 Å². The van der Waals surface area contributed by atoms with Crippen LogP contribution in [0.5, 0.6) is 0 Å². The molecule has 0 saturated heterocycles. The van der Waals surface area contributed by atoms with Crippen LogP contribution < -0.4 is 11.3 Å². The first-order valence-corrected chi connectivity index (χ1v) is 4.46.